The highest BCUT2D eigenvalue weighted by Gasteiger charge is 2.62. The third-order valence-corrected chi connectivity index (χ3v) is 6.44. The van der Waals surface area contributed by atoms with E-state index in [-0.39, 0.29) is 25.7 Å². The Morgan fingerprint density at radius 1 is 1.13 bits per heavy atom. The molecule has 3 nitrogen and oxygen atoms in total. The lowest BCUT2D eigenvalue weighted by Gasteiger charge is -2.20. The maximum Gasteiger partial charge on any atom is 0.394 e. The van der Waals surface area contributed by atoms with E-state index in [0.717, 1.165) is 24.9 Å². The molecule has 1 aliphatic heterocycles. The van der Waals surface area contributed by atoms with E-state index in [1.807, 2.05) is 24.4 Å². The molecular weight excluding hydrogens is 406 g/mol. The molecule has 2 unspecified atom stereocenters. The minimum absolute atomic E-state index is 0.0176. The molecule has 2 aliphatic rings. The van der Waals surface area contributed by atoms with Gasteiger partial charge in [0.15, 0.2) is 0 Å². The minimum Gasteiger partial charge on any atom is -0.346 e. The Kier molecular flexibility index (Phi) is 5.79. The highest BCUT2D eigenvalue weighted by atomic mass is 19.4. The van der Waals surface area contributed by atoms with Crippen LogP contribution < -0.4 is 0 Å². The summed E-state index contributed by atoms with van der Waals surface area (Å²) < 4.78 is 54.9. The molecule has 1 aromatic carbocycles. The van der Waals surface area contributed by atoms with E-state index in [4.69, 9.17) is 0 Å². The number of aromatic nitrogens is 2. The molecule has 2 aromatic rings. The van der Waals surface area contributed by atoms with Gasteiger partial charge in [0.2, 0.25) is 0 Å². The number of hydrogen-bond acceptors (Lipinski definition) is 2. The standard InChI is InChI=1S/C24H27F4N3/c1-22(25,14-21-30-16-20(31-21)13-23(10-11-23)24(26,27)28)19-8-6-17(7-9-19)4-5-18-3-2-12-29-15-18/h2-3,6-9,12,16,18H,4-5,10-11,13-15H2,1H3,(H,30,31). The van der Waals surface area contributed by atoms with E-state index in [0.29, 0.717) is 23.0 Å². The average molecular weight is 433 g/mol. The molecular formula is C24H27F4N3. The topological polar surface area (TPSA) is 41.0 Å². The number of nitrogens with one attached hydrogen (secondary N) is 1. The van der Waals surface area contributed by atoms with E-state index in [9.17, 15) is 13.2 Å². The Morgan fingerprint density at radius 3 is 2.48 bits per heavy atom. The van der Waals surface area contributed by atoms with Crippen molar-refractivity contribution in [1.29, 1.82) is 0 Å². The van der Waals surface area contributed by atoms with E-state index in [2.05, 4.69) is 21.0 Å². The lowest BCUT2D eigenvalue weighted by molar-refractivity contribution is -0.186. The zero-order valence-electron chi connectivity index (χ0n) is 17.6. The van der Waals surface area contributed by atoms with Crippen molar-refractivity contribution in [1.82, 2.24) is 9.97 Å². The molecule has 0 saturated heterocycles. The zero-order valence-corrected chi connectivity index (χ0v) is 17.6. The van der Waals surface area contributed by atoms with Crippen molar-refractivity contribution in [2.24, 2.45) is 16.3 Å². The number of aromatic amines is 1. The van der Waals surface area contributed by atoms with Gasteiger partial charge in [-0.05, 0) is 55.7 Å². The number of alkyl halides is 4. The molecule has 4 rings (SSSR count). The highest BCUT2D eigenvalue weighted by Crippen LogP contribution is 2.59. The Morgan fingerprint density at radius 2 is 1.87 bits per heavy atom. The maximum atomic E-state index is 15.4. The summed E-state index contributed by atoms with van der Waals surface area (Å²) in [7, 11) is 0. The number of rotatable bonds is 8. The fraction of sp³-hybridized carbons (Fsp3) is 0.500. The lowest BCUT2D eigenvalue weighted by atomic mass is 9.92. The van der Waals surface area contributed by atoms with E-state index < -0.39 is 17.3 Å². The second-order valence-electron chi connectivity index (χ2n) is 9.08. The quantitative estimate of drug-likeness (QED) is 0.517. The molecule has 166 valence electrons. The molecule has 31 heavy (non-hydrogen) atoms. The van der Waals surface area contributed by atoms with Gasteiger partial charge in [-0.25, -0.2) is 9.37 Å². The summed E-state index contributed by atoms with van der Waals surface area (Å²) in [6.07, 6.45) is 5.18. The maximum absolute atomic E-state index is 15.4. The van der Waals surface area contributed by atoms with Crippen molar-refractivity contribution >= 4 is 6.21 Å². The SMILES string of the molecule is CC(F)(Cc1ncc(CC2(C(F)(F)F)CC2)[nH]1)c1ccc(CCC2C=CC=NC2)cc1. The van der Waals surface area contributed by atoms with Crippen LogP contribution >= 0.6 is 0 Å². The first-order valence-electron chi connectivity index (χ1n) is 10.7. The molecule has 1 saturated carbocycles. The fourth-order valence-corrected chi connectivity index (χ4v) is 4.16. The molecule has 1 fully saturated rings. The van der Waals surface area contributed by atoms with Crippen LogP contribution in [0.4, 0.5) is 17.6 Å². The predicted molar refractivity (Wildman–Crippen MR) is 113 cm³/mol. The van der Waals surface area contributed by atoms with Gasteiger partial charge in [-0.1, -0.05) is 30.3 Å². The molecule has 2 atom stereocenters. The number of hydrogen-bond donors (Lipinski definition) is 1. The first-order valence-corrected chi connectivity index (χ1v) is 10.7. The van der Waals surface area contributed by atoms with Gasteiger partial charge in [-0.15, -0.1) is 0 Å². The van der Waals surface area contributed by atoms with Crippen molar-refractivity contribution in [2.45, 2.75) is 57.3 Å². The van der Waals surface area contributed by atoms with Crippen molar-refractivity contribution in [3.8, 4) is 0 Å². The predicted octanol–water partition coefficient (Wildman–Crippen LogP) is 5.91. The largest absolute Gasteiger partial charge is 0.394 e. The smallest absolute Gasteiger partial charge is 0.346 e. The fourth-order valence-electron chi connectivity index (χ4n) is 4.16. The first-order chi connectivity index (χ1) is 14.7. The normalized spacial score (nSPS) is 21.8. The lowest BCUT2D eigenvalue weighted by Crippen LogP contribution is -2.26. The third-order valence-electron chi connectivity index (χ3n) is 6.44. The van der Waals surface area contributed by atoms with Crippen LogP contribution in [0.3, 0.4) is 0 Å². The Hall–Kier alpha value is -2.44. The number of allylic oxidation sites excluding steroid dienone is 1. The zero-order chi connectivity index (χ0) is 22.1. The van der Waals surface area contributed by atoms with Gasteiger partial charge in [-0.2, -0.15) is 13.2 Å². The first kappa shape index (κ1) is 21.8. The van der Waals surface area contributed by atoms with Crippen LogP contribution in [0.5, 0.6) is 0 Å². The Labute approximate surface area is 179 Å². The number of dihydropyridines is 1. The van der Waals surface area contributed by atoms with Crippen molar-refractivity contribution in [2.75, 3.05) is 6.54 Å². The molecule has 1 aliphatic carbocycles. The summed E-state index contributed by atoms with van der Waals surface area (Å²) in [6, 6.07) is 7.46. The van der Waals surface area contributed by atoms with Gasteiger partial charge >= 0.3 is 6.18 Å². The van der Waals surface area contributed by atoms with Crippen LogP contribution in [0.25, 0.3) is 0 Å². The van der Waals surface area contributed by atoms with E-state index >= 15 is 4.39 Å². The molecule has 0 amide bonds. The Balaban J connectivity index is 1.35. The molecule has 0 spiro atoms. The van der Waals surface area contributed by atoms with Crippen molar-refractivity contribution < 1.29 is 17.6 Å². The van der Waals surface area contributed by atoms with E-state index in [1.165, 1.54) is 13.1 Å². The number of nitrogens with zero attached hydrogens (tertiary/aromatic N) is 2. The summed E-state index contributed by atoms with van der Waals surface area (Å²) in [5.41, 5.74) is -1.21. The van der Waals surface area contributed by atoms with Gasteiger partial charge in [0.25, 0.3) is 0 Å². The van der Waals surface area contributed by atoms with Crippen LogP contribution in [0.2, 0.25) is 0 Å². The molecule has 7 heteroatoms. The summed E-state index contributed by atoms with van der Waals surface area (Å²) in [6.45, 7) is 2.29. The monoisotopic (exact) mass is 433 g/mol. The minimum atomic E-state index is -4.21. The van der Waals surface area contributed by atoms with Crippen LogP contribution in [-0.2, 0) is 24.9 Å². The van der Waals surface area contributed by atoms with Crippen LogP contribution in [0.15, 0.2) is 47.6 Å². The summed E-state index contributed by atoms with van der Waals surface area (Å²) in [5.74, 6) is 0.808. The van der Waals surface area contributed by atoms with Gasteiger partial charge in [-0.3, -0.25) is 4.99 Å². The number of H-pyrrole nitrogens is 1. The molecule has 0 bridgehead atoms. The summed E-state index contributed by atoms with van der Waals surface area (Å²) in [4.78, 5) is 11.3. The number of halogens is 4. The number of aliphatic imine (C=N–C) groups is 1. The van der Waals surface area contributed by atoms with Gasteiger partial charge < -0.3 is 4.98 Å². The Bertz CT molecular complexity index is 950. The summed E-state index contributed by atoms with van der Waals surface area (Å²) in [5, 5.41) is 0. The van der Waals surface area contributed by atoms with Crippen LogP contribution in [0.1, 0.15) is 48.8 Å². The molecule has 1 N–H and O–H groups in total. The van der Waals surface area contributed by atoms with Crippen LogP contribution in [0, 0.1) is 11.3 Å². The van der Waals surface area contributed by atoms with Crippen molar-refractivity contribution in [3.63, 3.8) is 0 Å². The number of aryl methyl sites for hydroxylation is 1. The van der Waals surface area contributed by atoms with Crippen LogP contribution in [-0.4, -0.2) is 28.9 Å². The second kappa shape index (κ2) is 8.24. The second-order valence-corrected chi connectivity index (χ2v) is 9.08. The van der Waals surface area contributed by atoms with Gasteiger partial charge in [0.05, 0.1) is 5.41 Å². The van der Waals surface area contributed by atoms with Gasteiger partial charge in [0.1, 0.15) is 11.5 Å². The van der Waals surface area contributed by atoms with Crippen molar-refractivity contribution in [3.05, 3.63) is 65.3 Å². The summed E-state index contributed by atoms with van der Waals surface area (Å²) >= 11 is 0. The van der Waals surface area contributed by atoms with E-state index in [1.54, 1.807) is 12.1 Å². The molecule has 0 radical (unpaired) electrons. The number of benzene rings is 1. The number of imidazole rings is 1. The molecule has 2 heterocycles. The average Bonchev–Trinajstić information content (AvgIpc) is 3.40. The third kappa shape index (κ3) is 5.08. The molecule has 1 aromatic heterocycles. The highest BCUT2D eigenvalue weighted by molar-refractivity contribution is 5.71. The van der Waals surface area contributed by atoms with Gasteiger partial charge in [0, 0.05) is 37.5 Å².